The van der Waals surface area contributed by atoms with Crippen LogP contribution in [0.1, 0.15) is 5.56 Å². The molecule has 0 saturated heterocycles. The molecule has 0 fully saturated rings. The minimum atomic E-state index is -4.18. The second kappa shape index (κ2) is 7.45. The van der Waals surface area contributed by atoms with E-state index in [2.05, 4.69) is 5.32 Å². The number of rotatable bonds is 6. The number of nitrogens with one attached hydrogen (secondary N) is 1. The van der Waals surface area contributed by atoms with E-state index in [1.165, 1.54) is 0 Å². The summed E-state index contributed by atoms with van der Waals surface area (Å²) in [5.74, 6) is -0.157. The van der Waals surface area contributed by atoms with E-state index in [1.807, 2.05) is 24.3 Å². The number of benzene rings is 2. The molecule has 0 heterocycles. The molecule has 6 heteroatoms. The predicted molar refractivity (Wildman–Crippen MR) is 83.5 cm³/mol. The number of para-hydroxylation sites is 2. The van der Waals surface area contributed by atoms with Crippen LogP contribution in [0, 0.1) is 0 Å². The van der Waals surface area contributed by atoms with E-state index in [0.717, 1.165) is 23.1 Å². The summed E-state index contributed by atoms with van der Waals surface area (Å²) in [7, 11) is 1.59. The Morgan fingerprint density at radius 3 is 2.45 bits per heavy atom. The normalized spacial score (nSPS) is 11.3. The molecule has 2 aromatic carbocycles. The number of hydrogen-bond acceptors (Lipinski definition) is 3. The molecule has 0 radical (unpaired) electrons. The van der Waals surface area contributed by atoms with Crippen molar-refractivity contribution in [1.82, 2.24) is 0 Å². The standard InChI is InChI=1S/C16H16F3NOS/c1-21-14-8-4-2-6-12(14)10-20-13-7-3-5-9-15(13)22-11-16(17,18)19/h2-9,20H,10-11H2,1H3. The van der Waals surface area contributed by atoms with Crippen LogP contribution in [0.4, 0.5) is 18.9 Å². The van der Waals surface area contributed by atoms with Gasteiger partial charge in [0.1, 0.15) is 5.75 Å². The number of alkyl halides is 3. The van der Waals surface area contributed by atoms with E-state index in [1.54, 1.807) is 31.4 Å². The molecule has 22 heavy (non-hydrogen) atoms. The first kappa shape index (κ1) is 16.5. The molecule has 2 nitrogen and oxygen atoms in total. The van der Waals surface area contributed by atoms with Crippen LogP contribution in [0.2, 0.25) is 0 Å². The van der Waals surface area contributed by atoms with Crippen molar-refractivity contribution >= 4 is 17.4 Å². The highest BCUT2D eigenvalue weighted by Gasteiger charge is 2.27. The third-order valence-electron chi connectivity index (χ3n) is 2.94. The van der Waals surface area contributed by atoms with E-state index < -0.39 is 11.9 Å². The van der Waals surface area contributed by atoms with Crippen molar-refractivity contribution in [1.29, 1.82) is 0 Å². The summed E-state index contributed by atoms with van der Waals surface area (Å²) in [6, 6.07) is 14.5. The van der Waals surface area contributed by atoms with E-state index in [9.17, 15) is 13.2 Å². The Bertz CT molecular complexity index is 616. The molecule has 0 aliphatic carbocycles. The minimum Gasteiger partial charge on any atom is -0.496 e. The Morgan fingerprint density at radius 2 is 1.73 bits per heavy atom. The first-order valence-corrected chi connectivity index (χ1v) is 7.62. The minimum absolute atomic E-state index is 0.480. The van der Waals surface area contributed by atoms with Crippen molar-refractivity contribution in [2.75, 3.05) is 18.2 Å². The zero-order chi connectivity index (χ0) is 16.0. The van der Waals surface area contributed by atoms with Gasteiger partial charge in [0.15, 0.2) is 0 Å². The molecule has 0 saturated carbocycles. The van der Waals surface area contributed by atoms with Gasteiger partial charge in [0.2, 0.25) is 0 Å². The van der Waals surface area contributed by atoms with Gasteiger partial charge in [0.25, 0.3) is 0 Å². The van der Waals surface area contributed by atoms with Crippen LogP contribution < -0.4 is 10.1 Å². The van der Waals surface area contributed by atoms with Gasteiger partial charge in [-0.25, -0.2) is 0 Å². The molecule has 0 atom stereocenters. The van der Waals surface area contributed by atoms with Crippen LogP contribution in [-0.2, 0) is 6.54 Å². The summed E-state index contributed by atoms with van der Waals surface area (Å²) in [6.45, 7) is 0.480. The second-order valence-electron chi connectivity index (χ2n) is 4.57. The van der Waals surface area contributed by atoms with Gasteiger partial charge in [0, 0.05) is 22.7 Å². The molecule has 0 aromatic heterocycles. The zero-order valence-electron chi connectivity index (χ0n) is 12.0. The van der Waals surface area contributed by atoms with E-state index in [0.29, 0.717) is 17.1 Å². The third-order valence-corrected chi connectivity index (χ3v) is 4.08. The molecule has 0 aliphatic rings. The highest BCUT2D eigenvalue weighted by molar-refractivity contribution is 7.99. The molecule has 1 N–H and O–H groups in total. The van der Waals surface area contributed by atoms with Crippen LogP contribution in [0.15, 0.2) is 53.4 Å². The van der Waals surface area contributed by atoms with E-state index in [4.69, 9.17) is 4.74 Å². The summed E-state index contributed by atoms with van der Waals surface area (Å²) >= 11 is 0.780. The largest absolute Gasteiger partial charge is 0.496 e. The Hall–Kier alpha value is -1.82. The maximum absolute atomic E-state index is 12.4. The second-order valence-corrected chi connectivity index (χ2v) is 5.58. The van der Waals surface area contributed by atoms with Crippen LogP contribution in [0.25, 0.3) is 0 Å². The quantitative estimate of drug-likeness (QED) is 0.758. The van der Waals surface area contributed by atoms with Gasteiger partial charge in [0.05, 0.1) is 12.9 Å². The highest BCUT2D eigenvalue weighted by Crippen LogP contribution is 2.32. The Labute approximate surface area is 131 Å². The lowest BCUT2D eigenvalue weighted by Gasteiger charge is -2.14. The van der Waals surface area contributed by atoms with Gasteiger partial charge in [-0.05, 0) is 18.2 Å². The summed E-state index contributed by atoms with van der Waals surface area (Å²) < 4.78 is 42.4. The Morgan fingerprint density at radius 1 is 1.05 bits per heavy atom. The number of methoxy groups -OCH3 is 1. The first-order chi connectivity index (χ1) is 10.5. The van der Waals surface area contributed by atoms with Crippen molar-refractivity contribution in [3.05, 3.63) is 54.1 Å². The number of halogens is 3. The predicted octanol–water partition coefficient (Wildman–Crippen LogP) is 4.96. The van der Waals surface area contributed by atoms with Gasteiger partial charge in [-0.3, -0.25) is 0 Å². The molecule has 0 amide bonds. The lowest BCUT2D eigenvalue weighted by Crippen LogP contribution is -2.11. The third kappa shape index (κ3) is 4.87. The molecule has 2 rings (SSSR count). The lowest BCUT2D eigenvalue weighted by molar-refractivity contribution is -0.105. The van der Waals surface area contributed by atoms with Crippen molar-refractivity contribution in [2.45, 2.75) is 17.6 Å². The Balaban J connectivity index is 2.06. The van der Waals surface area contributed by atoms with Gasteiger partial charge >= 0.3 is 6.18 Å². The average molecular weight is 327 g/mol. The molecule has 118 valence electrons. The molecule has 2 aromatic rings. The summed E-state index contributed by atoms with van der Waals surface area (Å²) in [4.78, 5) is 0.578. The monoisotopic (exact) mass is 327 g/mol. The molecular formula is C16H16F3NOS. The van der Waals surface area contributed by atoms with E-state index in [-0.39, 0.29) is 0 Å². The molecule has 0 unspecified atom stereocenters. The smallest absolute Gasteiger partial charge is 0.398 e. The molecule has 0 bridgehead atoms. The number of ether oxygens (including phenoxy) is 1. The fraction of sp³-hybridized carbons (Fsp3) is 0.250. The number of hydrogen-bond donors (Lipinski definition) is 1. The van der Waals surface area contributed by atoms with E-state index >= 15 is 0 Å². The van der Waals surface area contributed by atoms with Crippen LogP contribution in [0.3, 0.4) is 0 Å². The summed E-state index contributed by atoms with van der Waals surface area (Å²) in [6.07, 6.45) is -4.18. The molecule has 0 aliphatic heterocycles. The maximum Gasteiger partial charge on any atom is 0.398 e. The van der Waals surface area contributed by atoms with Crippen LogP contribution in [0.5, 0.6) is 5.75 Å². The highest BCUT2D eigenvalue weighted by atomic mass is 32.2. The van der Waals surface area contributed by atoms with Crippen molar-refractivity contribution in [3.8, 4) is 5.75 Å². The molecular weight excluding hydrogens is 311 g/mol. The van der Waals surface area contributed by atoms with Gasteiger partial charge in [-0.15, -0.1) is 11.8 Å². The zero-order valence-corrected chi connectivity index (χ0v) is 12.8. The molecule has 0 spiro atoms. The fourth-order valence-corrected chi connectivity index (χ4v) is 2.73. The van der Waals surface area contributed by atoms with Crippen molar-refractivity contribution in [3.63, 3.8) is 0 Å². The lowest BCUT2D eigenvalue weighted by atomic mass is 10.2. The summed E-state index contributed by atoms with van der Waals surface area (Å²) in [5.41, 5.74) is 1.63. The van der Waals surface area contributed by atoms with Gasteiger partial charge in [-0.1, -0.05) is 30.3 Å². The first-order valence-electron chi connectivity index (χ1n) is 6.64. The van der Waals surface area contributed by atoms with Gasteiger partial charge < -0.3 is 10.1 Å². The SMILES string of the molecule is COc1ccccc1CNc1ccccc1SCC(F)(F)F. The topological polar surface area (TPSA) is 21.3 Å². The average Bonchev–Trinajstić information content (AvgIpc) is 2.51. The summed E-state index contributed by atoms with van der Waals surface area (Å²) in [5, 5.41) is 3.17. The fourth-order valence-electron chi connectivity index (χ4n) is 1.94. The number of thioether (sulfide) groups is 1. The van der Waals surface area contributed by atoms with Crippen LogP contribution >= 0.6 is 11.8 Å². The van der Waals surface area contributed by atoms with Crippen LogP contribution in [-0.4, -0.2) is 19.0 Å². The number of anilines is 1. The van der Waals surface area contributed by atoms with Gasteiger partial charge in [-0.2, -0.15) is 13.2 Å². The maximum atomic E-state index is 12.4. The van der Waals surface area contributed by atoms with Crippen molar-refractivity contribution in [2.24, 2.45) is 0 Å². The Kier molecular flexibility index (Phi) is 5.60. The van der Waals surface area contributed by atoms with Crippen molar-refractivity contribution < 1.29 is 17.9 Å².